The first-order valence-corrected chi connectivity index (χ1v) is 12.4. The van der Waals surface area contributed by atoms with Gasteiger partial charge in [0.1, 0.15) is 0 Å². The fraction of sp³-hybridized carbons (Fsp3) is 0.318. The number of halogens is 1. The van der Waals surface area contributed by atoms with Crippen LogP contribution in [-0.2, 0) is 10.0 Å². The fourth-order valence-electron chi connectivity index (χ4n) is 4.27. The molecule has 0 amide bonds. The molecular weight excluding hydrogens is 448 g/mol. The highest BCUT2D eigenvalue weighted by Crippen LogP contribution is 2.34. The number of piperidine rings is 1. The van der Waals surface area contributed by atoms with Crippen molar-refractivity contribution in [2.24, 2.45) is 0 Å². The van der Waals surface area contributed by atoms with Crippen LogP contribution in [0.15, 0.2) is 59.9 Å². The molecule has 32 heavy (non-hydrogen) atoms. The molecule has 0 saturated carbocycles. The van der Waals surface area contributed by atoms with Gasteiger partial charge < -0.3 is 4.90 Å². The van der Waals surface area contributed by atoms with Crippen molar-refractivity contribution in [3.8, 4) is 11.1 Å². The number of likely N-dealkylation sites (tertiary alicyclic amines) is 1. The molecule has 0 atom stereocenters. The monoisotopic (exact) mass is 470 g/mol. The summed E-state index contributed by atoms with van der Waals surface area (Å²) in [5.74, 6) is 0. The second-order valence-electron chi connectivity index (χ2n) is 7.94. The van der Waals surface area contributed by atoms with Gasteiger partial charge in [0.2, 0.25) is 0 Å². The molecule has 1 fully saturated rings. The summed E-state index contributed by atoms with van der Waals surface area (Å²) in [6.45, 7) is 5.35. The summed E-state index contributed by atoms with van der Waals surface area (Å²) < 4.78 is 29.8. The van der Waals surface area contributed by atoms with Gasteiger partial charge in [0.25, 0.3) is 10.0 Å². The zero-order valence-corrected chi connectivity index (χ0v) is 19.2. The molecule has 1 saturated heterocycles. The second-order valence-corrected chi connectivity index (χ2v) is 10.1. The summed E-state index contributed by atoms with van der Waals surface area (Å²) in [6, 6.07) is 10.3. The molecule has 1 aliphatic heterocycles. The molecule has 3 aromatic heterocycles. The van der Waals surface area contributed by atoms with E-state index in [0.29, 0.717) is 17.0 Å². The van der Waals surface area contributed by atoms with E-state index in [1.807, 2.05) is 10.9 Å². The van der Waals surface area contributed by atoms with Crippen molar-refractivity contribution in [1.82, 2.24) is 28.9 Å². The lowest BCUT2D eigenvalue weighted by Crippen LogP contribution is -2.34. The smallest absolute Gasteiger partial charge is 0.269 e. The van der Waals surface area contributed by atoms with Gasteiger partial charge in [-0.1, -0.05) is 36.7 Å². The van der Waals surface area contributed by atoms with Crippen LogP contribution < -0.4 is 0 Å². The van der Waals surface area contributed by atoms with Gasteiger partial charge >= 0.3 is 0 Å². The molecule has 0 unspecified atom stereocenters. The van der Waals surface area contributed by atoms with E-state index in [9.17, 15) is 8.42 Å². The Hall–Kier alpha value is -2.75. The number of rotatable bonds is 5. The molecule has 10 heteroatoms. The highest BCUT2D eigenvalue weighted by molar-refractivity contribution is 7.90. The van der Waals surface area contributed by atoms with E-state index in [-0.39, 0.29) is 15.7 Å². The summed E-state index contributed by atoms with van der Waals surface area (Å²) in [6.07, 6.45) is 7.41. The van der Waals surface area contributed by atoms with Crippen LogP contribution in [0, 0.1) is 0 Å². The van der Waals surface area contributed by atoms with Crippen molar-refractivity contribution in [2.75, 3.05) is 19.6 Å². The van der Waals surface area contributed by atoms with E-state index in [0.717, 1.165) is 38.0 Å². The molecule has 1 aliphatic rings. The average molecular weight is 471 g/mol. The van der Waals surface area contributed by atoms with Crippen LogP contribution in [0.1, 0.15) is 25.8 Å². The normalized spacial score (nSPS) is 16.1. The molecule has 0 spiro atoms. The third kappa shape index (κ3) is 3.70. The predicted molar refractivity (Wildman–Crippen MR) is 123 cm³/mol. The Bertz CT molecular complexity index is 1360. The number of nitrogens with zero attached hydrogens (tertiary/aromatic N) is 6. The third-order valence-corrected chi connectivity index (χ3v) is 7.93. The van der Waals surface area contributed by atoms with E-state index in [4.69, 9.17) is 11.6 Å². The molecule has 0 aliphatic carbocycles. The van der Waals surface area contributed by atoms with Gasteiger partial charge in [-0.3, -0.25) is 4.68 Å². The maximum absolute atomic E-state index is 13.3. The molecule has 5 rings (SSSR count). The van der Waals surface area contributed by atoms with Crippen LogP contribution in [0.4, 0.5) is 0 Å². The average Bonchev–Trinajstić information content (AvgIpc) is 3.45. The Balaban J connectivity index is 1.57. The first-order chi connectivity index (χ1) is 15.5. The van der Waals surface area contributed by atoms with E-state index >= 15 is 0 Å². The molecule has 0 N–H and O–H groups in total. The maximum Gasteiger partial charge on any atom is 0.269 e. The third-order valence-electron chi connectivity index (χ3n) is 6.08. The summed E-state index contributed by atoms with van der Waals surface area (Å²) >= 11 is 6.12. The van der Waals surface area contributed by atoms with Crippen LogP contribution >= 0.6 is 11.6 Å². The van der Waals surface area contributed by atoms with Crippen LogP contribution in [0.3, 0.4) is 0 Å². The Morgan fingerprint density at radius 2 is 1.84 bits per heavy atom. The first-order valence-electron chi connectivity index (χ1n) is 10.6. The molecule has 1 aromatic carbocycles. The topological polar surface area (TPSA) is 85.9 Å². The zero-order valence-electron chi connectivity index (χ0n) is 17.6. The SMILES string of the molecule is CCN1CCC(n2cc(-c3cn(S(=O)(=O)c4ccccc4)c4nnc(Cl)cc34)cn2)CC1. The lowest BCUT2D eigenvalue weighted by Gasteiger charge is -2.31. The lowest BCUT2D eigenvalue weighted by atomic mass is 10.1. The molecule has 4 aromatic rings. The number of benzene rings is 1. The standard InChI is InChI=1S/C22H23ClN6O2S/c1-2-27-10-8-17(9-11-27)28-14-16(13-24-28)20-15-29(22-19(20)12-21(23)25-26-22)32(30,31)18-6-4-3-5-7-18/h3-7,12-15,17H,2,8-11H2,1H3. The van der Waals surface area contributed by atoms with Gasteiger partial charge in [0.15, 0.2) is 10.8 Å². The number of hydrogen-bond donors (Lipinski definition) is 0. The molecule has 0 bridgehead atoms. The van der Waals surface area contributed by atoms with Gasteiger partial charge in [0.05, 0.1) is 17.1 Å². The lowest BCUT2D eigenvalue weighted by molar-refractivity contribution is 0.187. The van der Waals surface area contributed by atoms with Crippen molar-refractivity contribution in [3.63, 3.8) is 0 Å². The fourth-order valence-corrected chi connectivity index (χ4v) is 5.75. The minimum atomic E-state index is -3.85. The van der Waals surface area contributed by atoms with Crippen LogP contribution in [0.2, 0.25) is 5.15 Å². The van der Waals surface area contributed by atoms with Crippen molar-refractivity contribution < 1.29 is 8.42 Å². The quantitative estimate of drug-likeness (QED) is 0.440. The molecule has 4 heterocycles. The minimum Gasteiger partial charge on any atom is -0.303 e. The second kappa shape index (κ2) is 8.31. The minimum absolute atomic E-state index is 0.179. The summed E-state index contributed by atoms with van der Waals surface area (Å²) in [7, 11) is -3.85. The Morgan fingerprint density at radius 1 is 1.09 bits per heavy atom. The highest BCUT2D eigenvalue weighted by Gasteiger charge is 2.25. The van der Waals surface area contributed by atoms with Gasteiger partial charge in [-0.25, -0.2) is 12.4 Å². The van der Waals surface area contributed by atoms with Gasteiger partial charge in [-0.05, 0) is 37.6 Å². The first kappa shape index (κ1) is 21.1. The zero-order chi connectivity index (χ0) is 22.3. The van der Waals surface area contributed by atoms with Crippen molar-refractivity contribution >= 4 is 32.7 Å². The van der Waals surface area contributed by atoms with Crippen molar-refractivity contribution in [2.45, 2.75) is 30.7 Å². The molecule has 166 valence electrons. The summed E-state index contributed by atoms with van der Waals surface area (Å²) in [4.78, 5) is 2.61. The van der Waals surface area contributed by atoms with Gasteiger partial charge in [0, 0.05) is 42.0 Å². The van der Waals surface area contributed by atoms with Crippen LogP contribution in [-0.4, -0.2) is 56.9 Å². The summed E-state index contributed by atoms with van der Waals surface area (Å²) in [5, 5.41) is 13.4. The van der Waals surface area contributed by atoms with Gasteiger partial charge in [-0.2, -0.15) is 5.10 Å². The van der Waals surface area contributed by atoms with E-state index in [2.05, 4.69) is 27.1 Å². The number of hydrogen-bond acceptors (Lipinski definition) is 6. The largest absolute Gasteiger partial charge is 0.303 e. The maximum atomic E-state index is 13.3. The number of fused-ring (bicyclic) bond motifs is 1. The summed E-state index contributed by atoms with van der Waals surface area (Å²) in [5.41, 5.74) is 1.75. The van der Waals surface area contributed by atoms with Crippen LogP contribution in [0.25, 0.3) is 22.2 Å². The Labute approximate surface area is 191 Å². The van der Waals surface area contributed by atoms with E-state index in [1.165, 1.54) is 3.97 Å². The number of aromatic nitrogens is 5. The highest BCUT2D eigenvalue weighted by atomic mass is 35.5. The van der Waals surface area contributed by atoms with E-state index in [1.54, 1.807) is 48.8 Å². The van der Waals surface area contributed by atoms with Crippen molar-refractivity contribution in [3.05, 3.63) is 60.1 Å². The molecule has 8 nitrogen and oxygen atoms in total. The van der Waals surface area contributed by atoms with Crippen LogP contribution in [0.5, 0.6) is 0 Å². The van der Waals surface area contributed by atoms with Gasteiger partial charge in [-0.15, -0.1) is 10.2 Å². The van der Waals surface area contributed by atoms with E-state index < -0.39 is 10.0 Å². The predicted octanol–water partition coefficient (Wildman–Crippen LogP) is 3.84. The van der Waals surface area contributed by atoms with Crippen molar-refractivity contribution in [1.29, 1.82) is 0 Å². The Kier molecular flexibility index (Phi) is 5.48. The Morgan fingerprint density at radius 3 is 2.56 bits per heavy atom. The molecular formula is C22H23ClN6O2S. The molecule has 0 radical (unpaired) electrons.